The highest BCUT2D eigenvalue weighted by atomic mass is 16.5. The van der Waals surface area contributed by atoms with E-state index in [0.717, 1.165) is 6.61 Å². The van der Waals surface area contributed by atoms with Crippen LogP contribution >= 0.6 is 0 Å². The summed E-state index contributed by atoms with van der Waals surface area (Å²) in [7, 11) is 0. The molecule has 1 saturated heterocycles. The Morgan fingerprint density at radius 2 is 2.00 bits per heavy atom. The van der Waals surface area contributed by atoms with Crippen molar-refractivity contribution in [3.05, 3.63) is 0 Å². The quantitative estimate of drug-likeness (QED) is 0.505. The normalized spacial score (nSPS) is 37.5. The Bertz CT molecular complexity index is 82.4. The molecule has 0 unspecified atom stereocenters. The van der Waals surface area contributed by atoms with E-state index in [-0.39, 0.29) is 5.60 Å². The van der Waals surface area contributed by atoms with E-state index >= 15 is 0 Å². The van der Waals surface area contributed by atoms with E-state index in [4.69, 9.17) is 4.74 Å². The molecule has 0 saturated carbocycles. The lowest BCUT2D eigenvalue weighted by atomic mass is 9.85. The fourth-order valence-corrected chi connectivity index (χ4v) is 0.879. The number of ether oxygens (including phenoxy) is 1. The van der Waals surface area contributed by atoms with Crippen molar-refractivity contribution >= 4 is 0 Å². The first-order valence-corrected chi connectivity index (χ1v) is 3.29. The SMILES string of the molecule is CC(C)[C@@]1(C)CCO1. The molecule has 0 bridgehead atoms. The lowest BCUT2D eigenvalue weighted by Crippen LogP contribution is -2.45. The second-order valence-corrected chi connectivity index (χ2v) is 3.07. The topological polar surface area (TPSA) is 9.23 Å². The third-order valence-corrected chi connectivity index (χ3v) is 2.25. The van der Waals surface area contributed by atoms with Gasteiger partial charge in [-0.05, 0) is 19.3 Å². The van der Waals surface area contributed by atoms with Gasteiger partial charge in [-0.3, -0.25) is 0 Å². The molecule has 8 heavy (non-hydrogen) atoms. The van der Waals surface area contributed by atoms with E-state index in [0.29, 0.717) is 5.92 Å². The van der Waals surface area contributed by atoms with E-state index in [1.807, 2.05) is 0 Å². The van der Waals surface area contributed by atoms with Gasteiger partial charge in [0.1, 0.15) is 0 Å². The van der Waals surface area contributed by atoms with Crippen LogP contribution in [0, 0.1) is 5.92 Å². The van der Waals surface area contributed by atoms with Crippen LogP contribution in [0.15, 0.2) is 0 Å². The smallest absolute Gasteiger partial charge is 0.0699 e. The summed E-state index contributed by atoms with van der Waals surface area (Å²) in [5.74, 6) is 0.677. The molecule has 1 rings (SSSR count). The highest BCUT2D eigenvalue weighted by molar-refractivity contribution is 4.84. The van der Waals surface area contributed by atoms with Gasteiger partial charge in [0.05, 0.1) is 12.2 Å². The van der Waals surface area contributed by atoms with Gasteiger partial charge in [-0.2, -0.15) is 0 Å². The lowest BCUT2D eigenvalue weighted by molar-refractivity contribution is -0.160. The van der Waals surface area contributed by atoms with E-state index in [1.165, 1.54) is 6.42 Å². The highest BCUT2D eigenvalue weighted by Crippen LogP contribution is 2.32. The van der Waals surface area contributed by atoms with Gasteiger partial charge in [0.15, 0.2) is 0 Å². The maximum Gasteiger partial charge on any atom is 0.0699 e. The Morgan fingerprint density at radius 1 is 1.50 bits per heavy atom. The molecule has 0 aliphatic carbocycles. The molecule has 1 fully saturated rings. The van der Waals surface area contributed by atoms with Crippen LogP contribution in [0.25, 0.3) is 0 Å². The fourth-order valence-electron chi connectivity index (χ4n) is 0.879. The summed E-state index contributed by atoms with van der Waals surface area (Å²) in [6.45, 7) is 7.56. The average Bonchev–Trinajstić information content (AvgIpc) is 1.60. The molecule has 0 aromatic heterocycles. The average molecular weight is 114 g/mol. The highest BCUT2D eigenvalue weighted by Gasteiger charge is 2.35. The van der Waals surface area contributed by atoms with Crippen LogP contribution in [0.2, 0.25) is 0 Å². The molecule has 0 radical (unpaired) electrons. The van der Waals surface area contributed by atoms with Crippen LogP contribution in [0.4, 0.5) is 0 Å². The molecule has 0 N–H and O–H groups in total. The van der Waals surface area contributed by atoms with E-state index in [2.05, 4.69) is 20.8 Å². The summed E-state index contributed by atoms with van der Waals surface area (Å²) in [6, 6.07) is 0. The molecule has 1 heteroatoms. The Hall–Kier alpha value is -0.0400. The number of hydrogen-bond donors (Lipinski definition) is 0. The van der Waals surface area contributed by atoms with Crippen LogP contribution in [0.5, 0.6) is 0 Å². The number of rotatable bonds is 1. The van der Waals surface area contributed by atoms with Gasteiger partial charge >= 0.3 is 0 Å². The summed E-state index contributed by atoms with van der Waals surface area (Å²) in [5, 5.41) is 0. The summed E-state index contributed by atoms with van der Waals surface area (Å²) >= 11 is 0. The zero-order valence-electron chi connectivity index (χ0n) is 5.90. The van der Waals surface area contributed by atoms with E-state index in [9.17, 15) is 0 Å². The summed E-state index contributed by atoms with van der Waals surface area (Å²) in [5.41, 5.74) is 0.222. The van der Waals surface area contributed by atoms with Gasteiger partial charge in [0.2, 0.25) is 0 Å². The molecule has 48 valence electrons. The summed E-state index contributed by atoms with van der Waals surface area (Å²) in [6.07, 6.45) is 1.24. The van der Waals surface area contributed by atoms with Crippen molar-refractivity contribution in [1.29, 1.82) is 0 Å². The van der Waals surface area contributed by atoms with E-state index in [1.54, 1.807) is 0 Å². The van der Waals surface area contributed by atoms with Gasteiger partial charge in [-0.15, -0.1) is 0 Å². The Balaban J connectivity index is 2.41. The molecule has 1 aliphatic heterocycles. The van der Waals surface area contributed by atoms with Crippen LogP contribution in [0.3, 0.4) is 0 Å². The lowest BCUT2D eigenvalue weighted by Gasteiger charge is -2.42. The van der Waals surface area contributed by atoms with E-state index < -0.39 is 0 Å². The summed E-state index contributed by atoms with van der Waals surface area (Å²) < 4.78 is 5.38. The molecule has 1 aliphatic rings. The van der Waals surface area contributed by atoms with Gasteiger partial charge in [-0.1, -0.05) is 13.8 Å². The standard InChI is InChI=1S/C7H14O/c1-6(2)7(3)4-5-8-7/h6H,4-5H2,1-3H3/t7-/m1/s1. The Kier molecular flexibility index (Phi) is 1.31. The molecule has 0 aromatic carbocycles. The monoisotopic (exact) mass is 114 g/mol. The third-order valence-electron chi connectivity index (χ3n) is 2.25. The van der Waals surface area contributed by atoms with Gasteiger partial charge < -0.3 is 4.74 Å². The van der Waals surface area contributed by atoms with Crippen LogP contribution in [-0.4, -0.2) is 12.2 Å². The minimum atomic E-state index is 0.222. The molecular formula is C7H14O. The van der Waals surface area contributed by atoms with Crippen molar-refractivity contribution in [2.75, 3.05) is 6.61 Å². The van der Waals surface area contributed by atoms with Crippen LogP contribution in [0.1, 0.15) is 27.2 Å². The first-order valence-electron chi connectivity index (χ1n) is 3.29. The third kappa shape index (κ3) is 0.752. The minimum absolute atomic E-state index is 0.222. The Morgan fingerprint density at radius 3 is 2.00 bits per heavy atom. The van der Waals surface area contributed by atoms with Crippen molar-refractivity contribution < 1.29 is 4.74 Å². The predicted molar refractivity (Wildman–Crippen MR) is 33.8 cm³/mol. The second kappa shape index (κ2) is 1.73. The van der Waals surface area contributed by atoms with Crippen LogP contribution in [-0.2, 0) is 4.74 Å². The largest absolute Gasteiger partial charge is 0.375 e. The number of hydrogen-bond acceptors (Lipinski definition) is 1. The summed E-state index contributed by atoms with van der Waals surface area (Å²) in [4.78, 5) is 0. The molecular weight excluding hydrogens is 100 g/mol. The first kappa shape index (κ1) is 6.09. The zero-order chi connectivity index (χ0) is 6.20. The maximum atomic E-state index is 5.38. The van der Waals surface area contributed by atoms with Crippen molar-refractivity contribution in [3.8, 4) is 0 Å². The fraction of sp³-hybridized carbons (Fsp3) is 1.00. The Labute approximate surface area is 51.0 Å². The van der Waals surface area contributed by atoms with Gasteiger partial charge in [0, 0.05) is 0 Å². The maximum absolute atomic E-state index is 5.38. The van der Waals surface area contributed by atoms with Crippen molar-refractivity contribution in [3.63, 3.8) is 0 Å². The predicted octanol–water partition coefficient (Wildman–Crippen LogP) is 1.82. The minimum Gasteiger partial charge on any atom is -0.375 e. The second-order valence-electron chi connectivity index (χ2n) is 3.07. The van der Waals surface area contributed by atoms with Crippen molar-refractivity contribution in [2.24, 2.45) is 5.92 Å². The van der Waals surface area contributed by atoms with Crippen LogP contribution < -0.4 is 0 Å². The first-order chi connectivity index (χ1) is 3.65. The molecule has 0 spiro atoms. The zero-order valence-corrected chi connectivity index (χ0v) is 5.90. The van der Waals surface area contributed by atoms with Crippen molar-refractivity contribution in [2.45, 2.75) is 32.8 Å². The van der Waals surface area contributed by atoms with Crippen molar-refractivity contribution in [1.82, 2.24) is 0 Å². The molecule has 0 aromatic rings. The van der Waals surface area contributed by atoms with Gasteiger partial charge in [0.25, 0.3) is 0 Å². The molecule has 1 heterocycles. The molecule has 1 atom stereocenters. The van der Waals surface area contributed by atoms with Gasteiger partial charge in [-0.25, -0.2) is 0 Å². The molecule has 0 amide bonds. The molecule has 1 nitrogen and oxygen atoms in total.